The zero-order valence-electron chi connectivity index (χ0n) is 14.9. The summed E-state index contributed by atoms with van der Waals surface area (Å²) in [5, 5.41) is 10.1. The van der Waals surface area contributed by atoms with Crippen LogP contribution in [0.25, 0.3) is 11.6 Å². The fraction of sp³-hybridized carbons (Fsp3) is 0.182. The van der Waals surface area contributed by atoms with Crippen LogP contribution in [0.2, 0.25) is 0 Å². The van der Waals surface area contributed by atoms with Gasteiger partial charge in [0.25, 0.3) is 0 Å². The summed E-state index contributed by atoms with van der Waals surface area (Å²) in [6.07, 6.45) is 9.42. The Labute approximate surface area is 157 Å². The van der Waals surface area contributed by atoms with Crippen LogP contribution >= 0.6 is 0 Å². The molecule has 1 aromatic heterocycles. The van der Waals surface area contributed by atoms with E-state index in [1.165, 1.54) is 18.2 Å². The number of benzene rings is 1. The van der Waals surface area contributed by atoms with Crippen molar-refractivity contribution in [3.05, 3.63) is 83.7 Å². The lowest BCUT2D eigenvalue weighted by atomic mass is 9.94. The minimum absolute atomic E-state index is 0.0937. The maximum Gasteiger partial charge on any atom is 0.232 e. The number of phenolic OH excluding ortho intramolecular Hbond substituents is 1. The molecular formula is C22H20FNO3. The van der Waals surface area contributed by atoms with Crippen LogP contribution in [0, 0.1) is 0 Å². The molecule has 1 unspecified atom stereocenters. The molecule has 1 atom stereocenters. The first-order chi connectivity index (χ1) is 13.0. The maximum atomic E-state index is 14.3. The lowest BCUT2D eigenvalue weighted by molar-refractivity contribution is -0.0992. The third-order valence-corrected chi connectivity index (χ3v) is 4.18. The lowest BCUT2D eigenvalue weighted by Gasteiger charge is -2.23. The van der Waals surface area contributed by atoms with Crippen molar-refractivity contribution in [1.29, 1.82) is 0 Å². The van der Waals surface area contributed by atoms with Crippen LogP contribution in [0.4, 0.5) is 4.39 Å². The van der Waals surface area contributed by atoms with Crippen LogP contribution in [-0.4, -0.2) is 28.3 Å². The molecule has 1 aliphatic carbocycles. The topological polar surface area (TPSA) is 59.4 Å². The smallest absolute Gasteiger partial charge is 0.232 e. The number of ketones is 1. The predicted octanol–water partition coefficient (Wildman–Crippen LogP) is 4.73. The van der Waals surface area contributed by atoms with Crippen LogP contribution < -0.4 is 0 Å². The standard InChI is InChI=1S/C22H20FNO3/c1-2-27-22(23)12-10-16(11-13-22)17-6-8-20(25)19(15-17)21(26)9-7-18-5-3-4-14-24-18/h3-12,14-15,25H,2,13H2,1H3. The Balaban J connectivity index is 1.81. The van der Waals surface area contributed by atoms with Gasteiger partial charge in [-0.1, -0.05) is 24.3 Å². The molecule has 27 heavy (non-hydrogen) atoms. The van der Waals surface area contributed by atoms with Gasteiger partial charge in [0.05, 0.1) is 11.3 Å². The molecule has 0 amide bonds. The summed E-state index contributed by atoms with van der Waals surface area (Å²) in [4.78, 5) is 16.6. The van der Waals surface area contributed by atoms with Gasteiger partial charge < -0.3 is 9.84 Å². The number of phenols is 1. The normalized spacial score (nSPS) is 19.3. The van der Waals surface area contributed by atoms with E-state index in [1.807, 2.05) is 6.07 Å². The van der Waals surface area contributed by atoms with Gasteiger partial charge in [0, 0.05) is 19.2 Å². The summed E-state index contributed by atoms with van der Waals surface area (Å²) in [6.45, 7) is 2.02. The molecule has 1 aliphatic rings. The van der Waals surface area contributed by atoms with Gasteiger partial charge in [-0.25, -0.2) is 4.39 Å². The SMILES string of the molecule is CCOC1(F)C=CC(c2ccc(O)c(C(=O)C=Cc3ccccn3)c2)=CC1. The van der Waals surface area contributed by atoms with Crippen molar-refractivity contribution in [3.63, 3.8) is 0 Å². The molecule has 0 saturated carbocycles. The number of alkyl halides is 1. The molecule has 138 valence electrons. The van der Waals surface area contributed by atoms with E-state index in [4.69, 9.17) is 4.74 Å². The zero-order chi connectivity index (χ0) is 19.3. The number of ether oxygens (including phenoxy) is 1. The number of halogens is 1. The summed E-state index contributed by atoms with van der Waals surface area (Å²) < 4.78 is 19.4. The molecular weight excluding hydrogens is 345 g/mol. The number of aromatic nitrogens is 1. The number of pyridine rings is 1. The van der Waals surface area contributed by atoms with Crippen LogP contribution in [0.1, 0.15) is 35.0 Å². The van der Waals surface area contributed by atoms with Crippen LogP contribution in [0.15, 0.2) is 66.9 Å². The molecule has 0 radical (unpaired) electrons. The molecule has 0 fully saturated rings. The van der Waals surface area contributed by atoms with Crippen molar-refractivity contribution in [3.8, 4) is 5.75 Å². The van der Waals surface area contributed by atoms with Gasteiger partial charge in [-0.15, -0.1) is 0 Å². The molecule has 3 rings (SSSR count). The summed E-state index contributed by atoms with van der Waals surface area (Å²) >= 11 is 0. The molecule has 1 heterocycles. The number of hydrogen-bond acceptors (Lipinski definition) is 4. The largest absolute Gasteiger partial charge is 0.507 e. The second-order valence-electron chi connectivity index (χ2n) is 6.10. The van der Waals surface area contributed by atoms with E-state index in [9.17, 15) is 14.3 Å². The molecule has 1 N–H and O–H groups in total. The van der Waals surface area contributed by atoms with Crippen LogP contribution in [0.5, 0.6) is 5.75 Å². The first-order valence-corrected chi connectivity index (χ1v) is 8.70. The number of carbonyl (C=O) groups excluding carboxylic acids is 1. The number of aromatic hydroxyl groups is 1. The molecule has 4 nitrogen and oxygen atoms in total. The highest BCUT2D eigenvalue weighted by Crippen LogP contribution is 2.32. The number of allylic oxidation sites excluding steroid dienone is 3. The van der Waals surface area contributed by atoms with Gasteiger partial charge in [0.1, 0.15) is 5.75 Å². The fourth-order valence-corrected chi connectivity index (χ4v) is 2.80. The maximum absolute atomic E-state index is 14.3. The summed E-state index contributed by atoms with van der Waals surface area (Å²) in [5.74, 6) is -2.24. The highest BCUT2D eigenvalue weighted by Gasteiger charge is 2.28. The molecule has 0 bridgehead atoms. The van der Waals surface area contributed by atoms with Gasteiger partial charge in [-0.3, -0.25) is 9.78 Å². The number of nitrogens with zero attached hydrogens (tertiary/aromatic N) is 1. The zero-order valence-corrected chi connectivity index (χ0v) is 14.9. The van der Waals surface area contributed by atoms with Gasteiger partial charge in [0.2, 0.25) is 5.85 Å². The second-order valence-corrected chi connectivity index (χ2v) is 6.10. The van der Waals surface area contributed by atoms with E-state index >= 15 is 0 Å². The van der Waals surface area contributed by atoms with Crippen LogP contribution in [-0.2, 0) is 4.74 Å². The molecule has 0 aliphatic heterocycles. The van der Waals surface area contributed by atoms with Crippen molar-refractivity contribution < 1.29 is 19.0 Å². The molecule has 1 aromatic carbocycles. The van der Waals surface area contributed by atoms with Gasteiger partial charge >= 0.3 is 0 Å². The summed E-state index contributed by atoms with van der Waals surface area (Å²) in [5.41, 5.74) is 2.31. The monoisotopic (exact) mass is 365 g/mol. The van der Waals surface area contributed by atoms with Gasteiger partial charge in [-0.05, 0) is 60.6 Å². The minimum atomic E-state index is -1.79. The number of hydrogen-bond donors (Lipinski definition) is 1. The number of rotatable bonds is 6. The van der Waals surface area contributed by atoms with Crippen molar-refractivity contribution in [1.82, 2.24) is 4.98 Å². The van der Waals surface area contributed by atoms with E-state index in [0.29, 0.717) is 5.69 Å². The average Bonchev–Trinajstić information content (AvgIpc) is 2.68. The molecule has 5 heteroatoms. The Bertz CT molecular complexity index is 918. The number of carbonyl (C=O) groups is 1. The van der Waals surface area contributed by atoms with Gasteiger partial charge in [0.15, 0.2) is 5.78 Å². The highest BCUT2D eigenvalue weighted by molar-refractivity contribution is 6.09. The Kier molecular flexibility index (Phi) is 5.62. The highest BCUT2D eigenvalue weighted by atomic mass is 19.2. The predicted molar refractivity (Wildman–Crippen MR) is 103 cm³/mol. The molecule has 2 aromatic rings. The van der Waals surface area contributed by atoms with Crippen molar-refractivity contribution in [2.24, 2.45) is 0 Å². The quantitative estimate of drug-likeness (QED) is 0.594. The van der Waals surface area contributed by atoms with E-state index in [0.717, 1.165) is 11.1 Å². The van der Waals surface area contributed by atoms with E-state index in [1.54, 1.807) is 55.6 Å². The van der Waals surface area contributed by atoms with E-state index in [2.05, 4.69) is 4.98 Å². The average molecular weight is 365 g/mol. The summed E-state index contributed by atoms with van der Waals surface area (Å²) in [7, 11) is 0. The lowest BCUT2D eigenvalue weighted by Crippen LogP contribution is -2.25. The van der Waals surface area contributed by atoms with E-state index in [-0.39, 0.29) is 30.1 Å². The Morgan fingerprint density at radius 2 is 2.22 bits per heavy atom. The second kappa shape index (κ2) is 8.10. The van der Waals surface area contributed by atoms with Gasteiger partial charge in [-0.2, -0.15) is 0 Å². The molecule has 0 spiro atoms. The third kappa shape index (κ3) is 4.57. The van der Waals surface area contributed by atoms with Crippen molar-refractivity contribution >= 4 is 17.4 Å². The van der Waals surface area contributed by atoms with Crippen molar-refractivity contribution in [2.45, 2.75) is 19.2 Å². The van der Waals surface area contributed by atoms with Crippen molar-refractivity contribution in [2.75, 3.05) is 6.61 Å². The molecule has 0 saturated heterocycles. The Morgan fingerprint density at radius 1 is 1.37 bits per heavy atom. The van der Waals surface area contributed by atoms with E-state index < -0.39 is 5.85 Å². The first kappa shape index (κ1) is 18.7. The third-order valence-electron chi connectivity index (χ3n) is 4.18. The first-order valence-electron chi connectivity index (χ1n) is 8.70. The van der Waals surface area contributed by atoms with Crippen LogP contribution in [0.3, 0.4) is 0 Å². The summed E-state index contributed by atoms with van der Waals surface area (Å²) in [6, 6.07) is 10.1. The fourth-order valence-electron chi connectivity index (χ4n) is 2.80. The Morgan fingerprint density at radius 3 is 2.89 bits per heavy atom. The minimum Gasteiger partial charge on any atom is -0.507 e. The Hall–Kier alpha value is -3.05.